The number of carbonyl (C=O) groups excluding carboxylic acids is 1. The average Bonchev–Trinajstić information content (AvgIpc) is 2.28. The summed E-state index contributed by atoms with van der Waals surface area (Å²) in [6, 6.07) is 8.04. The molecule has 0 aromatic heterocycles. The minimum absolute atomic E-state index is 0. The highest BCUT2D eigenvalue weighted by molar-refractivity contribution is 5.85. The zero-order valence-corrected chi connectivity index (χ0v) is 11.1. The number of rotatable bonds is 6. The lowest BCUT2D eigenvalue weighted by atomic mass is 10.1. The highest BCUT2D eigenvalue weighted by atomic mass is 35.5. The Morgan fingerprint density at radius 2 is 1.88 bits per heavy atom. The van der Waals surface area contributed by atoms with Crippen LogP contribution in [0.3, 0.4) is 0 Å². The van der Waals surface area contributed by atoms with Gasteiger partial charge in [-0.25, -0.2) is 0 Å². The maximum absolute atomic E-state index is 11.5. The number of benzene rings is 1. The van der Waals surface area contributed by atoms with Crippen LogP contribution in [0.2, 0.25) is 0 Å². The van der Waals surface area contributed by atoms with Crippen molar-refractivity contribution in [2.75, 3.05) is 13.1 Å². The normalized spacial score (nSPS) is 9.53. The Kier molecular flexibility index (Phi) is 8.46. The summed E-state index contributed by atoms with van der Waals surface area (Å²) in [6.07, 6.45) is 2.38. The molecule has 0 bridgehead atoms. The third-order valence-electron chi connectivity index (χ3n) is 2.44. The van der Waals surface area contributed by atoms with Gasteiger partial charge in [0.05, 0.1) is 6.42 Å². The summed E-state index contributed by atoms with van der Waals surface area (Å²) in [5, 5.41) is 2.89. The number of halogens is 1. The smallest absolute Gasteiger partial charge is 0.224 e. The zero-order chi connectivity index (χ0) is 11.8. The molecule has 4 heteroatoms. The minimum Gasteiger partial charge on any atom is -0.356 e. The lowest BCUT2D eigenvalue weighted by Gasteiger charge is -2.05. The van der Waals surface area contributed by atoms with Crippen LogP contribution in [0.4, 0.5) is 0 Å². The second kappa shape index (κ2) is 9.02. The van der Waals surface area contributed by atoms with Crippen LogP contribution >= 0.6 is 12.4 Å². The molecule has 1 aromatic rings. The lowest BCUT2D eigenvalue weighted by molar-refractivity contribution is -0.120. The summed E-state index contributed by atoms with van der Waals surface area (Å²) in [5.41, 5.74) is 7.64. The van der Waals surface area contributed by atoms with E-state index < -0.39 is 0 Å². The summed E-state index contributed by atoms with van der Waals surface area (Å²) in [6.45, 7) is 3.45. The predicted molar refractivity (Wildman–Crippen MR) is 73.4 cm³/mol. The van der Waals surface area contributed by atoms with Crippen molar-refractivity contribution in [3.05, 3.63) is 35.4 Å². The van der Waals surface area contributed by atoms with E-state index in [0.717, 1.165) is 24.9 Å². The Labute approximate surface area is 109 Å². The van der Waals surface area contributed by atoms with Gasteiger partial charge in [0.25, 0.3) is 0 Å². The van der Waals surface area contributed by atoms with E-state index in [4.69, 9.17) is 5.73 Å². The van der Waals surface area contributed by atoms with Crippen molar-refractivity contribution in [2.45, 2.75) is 26.2 Å². The number of hydrogen-bond acceptors (Lipinski definition) is 2. The van der Waals surface area contributed by atoms with Crippen molar-refractivity contribution in [3.8, 4) is 0 Å². The minimum atomic E-state index is 0. The molecule has 1 rings (SSSR count). The van der Waals surface area contributed by atoms with Crippen molar-refractivity contribution in [1.29, 1.82) is 0 Å². The molecule has 0 fully saturated rings. The molecule has 17 heavy (non-hydrogen) atoms. The lowest BCUT2D eigenvalue weighted by Crippen LogP contribution is -2.26. The number of unbranched alkanes of at least 4 members (excludes halogenated alkanes) is 1. The molecule has 0 saturated carbocycles. The summed E-state index contributed by atoms with van der Waals surface area (Å²) in [7, 11) is 0. The van der Waals surface area contributed by atoms with E-state index in [9.17, 15) is 4.79 Å². The quantitative estimate of drug-likeness (QED) is 0.763. The standard InChI is InChI=1S/C13H20N2O.ClH/c1-11-4-6-12(7-5-11)10-13(16)15-9-3-2-8-14;/h4-7H,2-3,8-10,14H2,1H3,(H,15,16);1H. The van der Waals surface area contributed by atoms with Crippen molar-refractivity contribution in [1.82, 2.24) is 5.32 Å². The Morgan fingerprint density at radius 3 is 2.47 bits per heavy atom. The number of amides is 1. The molecule has 0 radical (unpaired) electrons. The van der Waals surface area contributed by atoms with Gasteiger partial charge in [-0.1, -0.05) is 29.8 Å². The Morgan fingerprint density at radius 1 is 1.24 bits per heavy atom. The van der Waals surface area contributed by atoms with E-state index in [1.165, 1.54) is 5.56 Å². The first-order valence-electron chi connectivity index (χ1n) is 5.74. The Balaban J connectivity index is 0.00000256. The molecule has 1 aromatic carbocycles. The molecule has 0 aliphatic rings. The molecule has 1 amide bonds. The van der Waals surface area contributed by atoms with Gasteiger partial charge in [0.1, 0.15) is 0 Å². The van der Waals surface area contributed by atoms with Gasteiger partial charge < -0.3 is 11.1 Å². The maximum Gasteiger partial charge on any atom is 0.224 e. The monoisotopic (exact) mass is 256 g/mol. The van der Waals surface area contributed by atoms with Crippen molar-refractivity contribution >= 4 is 18.3 Å². The van der Waals surface area contributed by atoms with Gasteiger partial charge in [0.2, 0.25) is 5.91 Å². The number of hydrogen-bond donors (Lipinski definition) is 2. The van der Waals surface area contributed by atoms with Gasteiger partial charge in [0, 0.05) is 6.54 Å². The van der Waals surface area contributed by atoms with Crippen LogP contribution in [-0.4, -0.2) is 19.0 Å². The highest BCUT2D eigenvalue weighted by Crippen LogP contribution is 2.03. The molecule has 0 saturated heterocycles. The van der Waals surface area contributed by atoms with Gasteiger partial charge in [-0.2, -0.15) is 0 Å². The van der Waals surface area contributed by atoms with Gasteiger partial charge in [-0.3, -0.25) is 4.79 Å². The van der Waals surface area contributed by atoms with Gasteiger partial charge in [-0.15, -0.1) is 12.4 Å². The molecular weight excluding hydrogens is 236 g/mol. The fourth-order valence-corrected chi connectivity index (χ4v) is 1.45. The van der Waals surface area contributed by atoms with E-state index in [-0.39, 0.29) is 18.3 Å². The first-order chi connectivity index (χ1) is 7.72. The molecule has 0 aliphatic heterocycles. The molecule has 96 valence electrons. The largest absolute Gasteiger partial charge is 0.356 e. The fraction of sp³-hybridized carbons (Fsp3) is 0.462. The van der Waals surface area contributed by atoms with Gasteiger partial charge >= 0.3 is 0 Å². The Hall–Kier alpha value is -1.06. The van der Waals surface area contributed by atoms with Crippen LogP contribution in [0.25, 0.3) is 0 Å². The summed E-state index contributed by atoms with van der Waals surface area (Å²) < 4.78 is 0. The van der Waals surface area contributed by atoms with Crippen molar-refractivity contribution in [2.24, 2.45) is 5.73 Å². The Bertz CT molecular complexity index is 325. The highest BCUT2D eigenvalue weighted by Gasteiger charge is 2.01. The van der Waals surface area contributed by atoms with Crippen LogP contribution in [0.15, 0.2) is 24.3 Å². The third kappa shape index (κ3) is 6.97. The van der Waals surface area contributed by atoms with Crippen LogP contribution < -0.4 is 11.1 Å². The number of aryl methyl sites for hydroxylation is 1. The second-order valence-corrected chi connectivity index (χ2v) is 4.01. The third-order valence-corrected chi connectivity index (χ3v) is 2.44. The van der Waals surface area contributed by atoms with Crippen LogP contribution in [0.5, 0.6) is 0 Å². The van der Waals surface area contributed by atoms with E-state index in [0.29, 0.717) is 13.0 Å². The summed E-state index contributed by atoms with van der Waals surface area (Å²) >= 11 is 0. The molecule has 0 unspecified atom stereocenters. The van der Waals surface area contributed by atoms with Crippen LogP contribution in [-0.2, 0) is 11.2 Å². The first-order valence-corrected chi connectivity index (χ1v) is 5.74. The molecular formula is C13H21ClN2O. The van der Waals surface area contributed by atoms with Gasteiger partial charge in [-0.05, 0) is 31.9 Å². The SMILES string of the molecule is Cc1ccc(CC(=O)NCCCCN)cc1.Cl. The number of nitrogens with two attached hydrogens (primary N) is 1. The summed E-state index contributed by atoms with van der Waals surface area (Å²) in [5.74, 6) is 0.0841. The van der Waals surface area contributed by atoms with E-state index in [2.05, 4.69) is 5.32 Å². The fourth-order valence-electron chi connectivity index (χ4n) is 1.45. The maximum atomic E-state index is 11.5. The van der Waals surface area contributed by atoms with E-state index >= 15 is 0 Å². The molecule has 3 nitrogen and oxygen atoms in total. The molecule has 0 aliphatic carbocycles. The number of nitrogens with one attached hydrogen (secondary N) is 1. The predicted octanol–water partition coefficient (Wildman–Crippen LogP) is 1.81. The molecule has 0 spiro atoms. The molecule has 0 heterocycles. The van der Waals surface area contributed by atoms with Gasteiger partial charge in [0.15, 0.2) is 0 Å². The second-order valence-electron chi connectivity index (χ2n) is 4.01. The molecule has 3 N–H and O–H groups in total. The van der Waals surface area contributed by atoms with Crippen molar-refractivity contribution in [3.63, 3.8) is 0 Å². The van der Waals surface area contributed by atoms with Crippen molar-refractivity contribution < 1.29 is 4.79 Å². The average molecular weight is 257 g/mol. The zero-order valence-electron chi connectivity index (χ0n) is 10.2. The topological polar surface area (TPSA) is 55.1 Å². The van der Waals surface area contributed by atoms with E-state index in [1.54, 1.807) is 0 Å². The van der Waals surface area contributed by atoms with E-state index in [1.807, 2.05) is 31.2 Å². The van der Waals surface area contributed by atoms with Crippen LogP contribution in [0, 0.1) is 6.92 Å². The number of carbonyl (C=O) groups is 1. The summed E-state index contributed by atoms with van der Waals surface area (Å²) in [4.78, 5) is 11.5. The molecule has 0 atom stereocenters. The van der Waals surface area contributed by atoms with Crippen LogP contribution in [0.1, 0.15) is 24.0 Å². The first kappa shape index (κ1) is 15.9.